The third-order valence-electron chi connectivity index (χ3n) is 7.49. The number of nitriles is 1. The summed E-state index contributed by atoms with van der Waals surface area (Å²) < 4.78 is 6.83. The molecule has 0 bridgehead atoms. The number of nitrogens with zero attached hydrogens (tertiary/aromatic N) is 6. The lowest BCUT2D eigenvalue weighted by Gasteiger charge is -2.39. The van der Waals surface area contributed by atoms with Gasteiger partial charge in [-0.25, -0.2) is 19.9 Å². The highest BCUT2D eigenvalue weighted by Crippen LogP contribution is 2.40. The molecule has 1 atom stereocenters. The van der Waals surface area contributed by atoms with Crippen molar-refractivity contribution >= 4 is 19.8 Å². The van der Waals surface area contributed by atoms with E-state index in [2.05, 4.69) is 76.2 Å². The molecule has 0 aliphatic carbocycles. The fourth-order valence-corrected chi connectivity index (χ4v) is 5.52. The largest absolute Gasteiger partial charge is 0.408 e. The lowest BCUT2D eigenvalue weighted by molar-refractivity contribution is 0.195. The molecular weight excluding hydrogens is 478 g/mol. The van der Waals surface area contributed by atoms with Crippen LogP contribution in [-0.2, 0) is 17.4 Å². The highest BCUT2D eigenvalue weighted by atomic mass is 28.4. The van der Waals surface area contributed by atoms with Gasteiger partial charge in [-0.05, 0) is 49.7 Å². The van der Waals surface area contributed by atoms with Crippen LogP contribution in [0.2, 0.25) is 18.1 Å². The van der Waals surface area contributed by atoms with Gasteiger partial charge in [-0.1, -0.05) is 26.8 Å². The Morgan fingerprint density at radius 3 is 2.54 bits per heavy atom. The predicted molar refractivity (Wildman–Crippen MR) is 149 cm³/mol. The molecule has 0 fully saturated rings. The molecule has 3 aromatic rings. The highest BCUT2D eigenvalue weighted by Gasteiger charge is 2.39. The summed E-state index contributed by atoms with van der Waals surface area (Å²) in [7, 11) is -2.07. The third-order valence-corrected chi connectivity index (χ3v) is 12.0. The summed E-state index contributed by atoms with van der Waals surface area (Å²) in [5.74, 6) is 1.54. The Morgan fingerprint density at radius 2 is 1.86 bits per heavy atom. The maximum atomic E-state index is 9.71. The zero-order valence-electron chi connectivity index (χ0n) is 23.0. The summed E-state index contributed by atoms with van der Waals surface area (Å²) in [5.41, 5.74) is 5.77. The lowest BCUT2D eigenvalue weighted by atomic mass is 10.0. The minimum atomic E-state index is -2.07. The molecule has 0 saturated carbocycles. The molecule has 0 radical (unpaired) electrons. The second-order valence-electron chi connectivity index (χ2n) is 11.3. The zero-order chi connectivity index (χ0) is 26.8. The van der Waals surface area contributed by atoms with Gasteiger partial charge in [-0.15, -0.1) is 0 Å². The first-order chi connectivity index (χ1) is 17.5. The molecule has 1 aliphatic heterocycles. The molecule has 4 rings (SSSR count). The van der Waals surface area contributed by atoms with Crippen LogP contribution in [0.3, 0.4) is 0 Å². The van der Waals surface area contributed by atoms with Gasteiger partial charge in [0, 0.05) is 49.6 Å². The van der Waals surface area contributed by atoms with Crippen molar-refractivity contribution in [2.45, 2.75) is 71.8 Å². The average Bonchev–Trinajstić information content (AvgIpc) is 2.86. The number of aromatic nitrogens is 4. The van der Waals surface area contributed by atoms with Crippen LogP contribution in [0, 0.1) is 25.2 Å². The minimum Gasteiger partial charge on any atom is -0.408 e. The van der Waals surface area contributed by atoms with Crippen LogP contribution in [0.25, 0.3) is 0 Å². The molecule has 1 aliphatic rings. The van der Waals surface area contributed by atoms with Gasteiger partial charge in [-0.2, -0.15) is 5.26 Å². The molecular formula is C28H37N7OSi. The van der Waals surface area contributed by atoms with Crippen molar-refractivity contribution in [3.8, 4) is 6.07 Å². The average molecular weight is 516 g/mol. The monoisotopic (exact) mass is 515 g/mol. The van der Waals surface area contributed by atoms with Gasteiger partial charge in [0.05, 0.1) is 23.0 Å². The number of rotatable bonds is 7. The summed E-state index contributed by atoms with van der Waals surface area (Å²) in [6, 6.07) is 8.39. The Bertz CT molecular complexity index is 1300. The Kier molecular flexibility index (Phi) is 7.62. The quantitative estimate of drug-likeness (QED) is 0.412. The number of aryl methyl sites for hydroxylation is 2. The zero-order valence-corrected chi connectivity index (χ0v) is 24.0. The number of hydrogen-bond acceptors (Lipinski definition) is 8. The van der Waals surface area contributed by atoms with Gasteiger partial charge >= 0.3 is 0 Å². The van der Waals surface area contributed by atoms with E-state index in [1.54, 1.807) is 6.33 Å². The van der Waals surface area contributed by atoms with E-state index in [9.17, 15) is 5.26 Å². The summed E-state index contributed by atoms with van der Waals surface area (Å²) in [6.07, 6.45) is 5.93. The fraction of sp³-hybridized carbons (Fsp3) is 0.464. The lowest BCUT2D eigenvalue weighted by Crippen LogP contribution is -2.43. The maximum Gasteiger partial charge on any atom is 0.193 e. The smallest absolute Gasteiger partial charge is 0.193 e. The normalized spacial score (nSPS) is 14.6. The van der Waals surface area contributed by atoms with Crippen LogP contribution >= 0.6 is 0 Å². The molecule has 2 aromatic heterocycles. The fourth-order valence-electron chi connectivity index (χ4n) is 4.23. The van der Waals surface area contributed by atoms with Crippen molar-refractivity contribution in [3.63, 3.8) is 0 Å². The van der Waals surface area contributed by atoms with E-state index in [0.29, 0.717) is 18.7 Å². The summed E-state index contributed by atoms with van der Waals surface area (Å²) in [6.45, 7) is 17.1. The standard InChI is InChI=1S/C28H37N7OSi/c1-19-8-9-25(21(12-19)13-29)35-11-10-24-23(17-35)27(34-18-33-24)32-16-26(22-14-30-20(2)31-15-22)36-37(6,7)28(3,4)5/h8-9,12,14-15,18,26H,10-11,16-17H2,1-7H3,(H,32,33,34). The van der Waals surface area contributed by atoms with Crippen LogP contribution < -0.4 is 10.2 Å². The minimum absolute atomic E-state index is 0.0673. The molecule has 1 aromatic carbocycles. The Balaban J connectivity index is 1.59. The Morgan fingerprint density at radius 1 is 1.14 bits per heavy atom. The number of benzene rings is 1. The van der Waals surface area contributed by atoms with Gasteiger partial charge in [-0.3, -0.25) is 0 Å². The Labute approximate surface area is 221 Å². The van der Waals surface area contributed by atoms with E-state index in [1.165, 1.54) is 0 Å². The predicted octanol–water partition coefficient (Wildman–Crippen LogP) is 5.49. The second-order valence-corrected chi connectivity index (χ2v) is 16.0. The molecule has 3 heterocycles. The number of hydrogen-bond donors (Lipinski definition) is 1. The first kappa shape index (κ1) is 26.7. The molecule has 8 nitrogen and oxygen atoms in total. The van der Waals surface area contributed by atoms with Gasteiger partial charge in [0.25, 0.3) is 0 Å². The number of nitrogens with one attached hydrogen (secondary N) is 1. The van der Waals surface area contributed by atoms with Crippen LogP contribution in [0.15, 0.2) is 36.9 Å². The van der Waals surface area contributed by atoms with E-state index in [0.717, 1.165) is 52.7 Å². The topological polar surface area (TPSA) is 99.8 Å². The van der Waals surface area contributed by atoms with Gasteiger partial charge < -0.3 is 14.6 Å². The van der Waals surface area contributed by atoms with E-state index >= 15 is 0 Å². The highest BCUT2D eigenvalue weighted by molar-refractivity contribution is 6.74. The van der Waals surface area contributed by atoms with Crippen molar-refractivity contribution in [2.75, 3.05) is 23.3 Å². The van der Waals surface area contributed by atoms with Crippen molar-refractivity contribution in [3.05, 3.63) is 70.7 Å². The van der Waals surface area contributed by atoms with E-state index in [1.807, 2.05) is 38.4 Å². The summed E-state index contributed by atoms with van der Waals surface area (Å²) in [5, 5.41) is 13.3. The molecule has 0 amide bonds. The Hall–Kier alpha value is -3.35. The van der Waals surface area contributed by atoms with E-state index < -0.39 is 8.32 Å². The second kappa shape index (κ2) is 10.6. The van der Waals surface area contributed by atoms with E-state index in [-0.39, 0.29) is 11.1 Å². The van der Waals surface area contributed by atoms with Crippen molar-refractivity contribution in [2.24, 2.45) is 0 Å². The number of anilines is 2. The molecule has 1 N–H and O–H groups in total. The van der Waals surface area contributed by atoms with Crippen molar-refractivity contribution in [1.29, 1.82) is 5.26 Å². The molecule has 0 spiro atoms. The van der Waals surface area contributed by atoms with Gasteiger partial charge in [0.2, 0.25) is 0 Å². The van der Waals surface area contributed by atoms with Gasteiger partial charge in [0.15, 0.2) is 8.32 Å². The molecule has 1 unspecified atom stereocenters. The first-order valence-corrected chi connectivity index (χ1v) is 15.7. The van der Waals surface area contributed by atoms with E-state index in [4.69, 9.17) is 4.43 Å². The van der Waals surface area contributed by atoms with Gasteiger partial charge in [0.1, 0.15) is 24.0 Å². The van der Waals surface area contributed by atoms with Crippen molar-refractivity contribution < 1.29 is 4.43 Å². The van der Waals surface area contributed by atoms with Crippen molar-refractivity contribution in [1.82, 2.24) is 19.9 Å². The molecule has 9 heteroatoms. The van der Waals surface area contributed by atoms with Crippen LogP contribution in [0.4, 0.5) is 11.5 Å². The maximum absolute atomic E-state index is 9.71. The third kappa shape index (κ3) is 5.97. The van der Waals surface area contributed by atoms with Crippen LogP contribution in [0.5, 0.6) is 0 Å². The molecule has 194 valence electrons. The first-order valence-electron chi connectivity index (χ1n) is 12.8. The molecule has 0 saturated heterocycles. The van der Waals surface area contributed by atoms with Crippen LogP contribution in [0.1, 0.15) is 60.6 Å². The van der Waals surface area contributed by atoms with Crippen LogP contribution in [-0.4, -0.2) is 41.3 Å². The SMILES string of the molecule is Cc1ccc(N2CCc3ncnc(NCC(O[Si](C)(C)C(C)(C)C)c4cnc(C)nc4)c3C2)c(C#N)c1. The summed E-state index contributed by atoms with van der Waals surface area (Å²) in [4.78, 5) is 20.3. The summed E-state index contributed by atoms with van der Waals surface area (Å²) >= 11 is 0. The number of fused-ring (bicyclic) bond motifs is 1. The molecule has 37 heavy (non-hydrogen) atoms.